The zero-order chi connectivity index (χ0) is 24.6. The predicted octanol–water partition coefficient (Wildman–Crippen LogP) is 4.09. The van der Waals surface area contributed by atoms with E-state index in [4.69, 9.17) is 19.2 Å². The van der Waals surface area contributed by atoms with Crippen LogP contribution in [-0.2, 0) is 26.3 Å². The minimum atomic E-state index is -0.581. The molecule has 35 heavy (non-hydrogen) atoms. The molecule has 3 aromatic rings. The molecule has 1 unspecified atom stereocenters. The van der Waals surface area contributed by atoms with Crippen molar-refractivity contribution in [3.8, 4) is 23.1 Å². The van der Waals surface area contributed by atoms with Gasteiger partial charge in [0.25, 0.3) is 0 Å². The quantitative estimate of drug-likeness (QED) is 0.550. The first kappa shape index (κ1) is 23.3. The number of rotatable bonds is 6. The highest BCUT2D eigenvalue weighted by atomic mass is 16.6. The molecule has 2 aliphatic heterocycles. The summed E-state index contributed by atoms with van der Waals surface area (Å²) < 4.78 is 18.3. The molecule has 0 bridgehead atoms. The highest BCUT2D eigenvalue weighted by molar-refractivity contribution is 5.97. The van der Waals surface area contributed by atoms with Crippen molar-refractivity contribution in [2.24, 2.45) is 5.41 Å². The molecule has 1 saturated heterocycles. The second-order valence-corrected chi connectivity index (χ2v) is 9.82. The Labute approximate surface area is 203 Å². The van der Waals surface area contributed by atoms with Gasteiger partial charge in [0.05, 0.1) is 54.4 Å². The van der Waals surface area contributed by atoms with Gasteiger partial charge in [-0.1, -0.05) is 0 Å². The molecule has 5 heterocycles. The van der Waals surface area contributed by atoms with E-state index < -0.39 is 11.0 Å². The molecule has 0 aromatic carbocycles. The third-order valence-corrected chi connectivity index (χ3v) is 6.66. The van der Waals surface area contributed by atoms with Crippen molar-refractivity contribution in [3.05, 3.63) is 35.8 Å². The fraction of sp³-hybridized carbons (Fsp3) is 0.462. The van der Waals surface area contributed by atoms with Crippen LogP contribution in [0.4, 0.5) is 5.82 Å². The molecular formula is C26H29N5O4. The maximum absolute atomic E-state index is 11.6. The zero-order valence-corrected chi connectivity index (χ0v) is 20.2. The normalized spacial score (nSPS) is 19.5. The van der Waals surface area contributed by atoms with Crippen molar-refractivity contribution < 1.29 is 19.0 Å². The topological polar surface area (TPSA) is 122 Å². The van der Waals surface area contributed by atoms with Crippen LogP contribution in [-0.4, -0.2) is 47.3 Å². The van der Waals surface area contributed by atoms with Gasteiger partial charge in [-0.25, -0.2) is 9.97 Å². The molecule has 1 amide bonds. The average molecular weight is 476 g/mol. The molecule has 2 aliphatic rings. The molecule has 182 valence electrons. The van der Waals surface area contributed by atoms with Crippen LogP contribution in [0.25, 0.3) is 22.2 Å². The van der Waals surface area contributed by atoms with E-state index in [9.17, 15) is 10.1 Å². The first-order valence-electron chi connectivity index (χ1n) is 11.9. The van der Waals surface area contributed by atoms with Crippen LogP contribution < -0.4 is 10.1 Å². The Balaban J connectivity index is 1.60. The Hall–Kier alpha value is -3.48. The molecule has 0 saturated carbocycles. The Morgan fingerprint density at radius 1 is 1.37 bits per heavy atom. The molecule has 9 heteroatoms. The number of hydrogen-bond acceptors (Lipinski definition) is 7. The zero-order valence-electron chi connectivity index (χ0n) is 20.2. The average Bonchev–Trinajstić information content (AvgIpc) is 3.46. The molecule has 2 N–H and O–H groups in total. The number of ether oxygens (including phenoxy) is 3. The number of amides is 1. The number of hydrogen-bond donors (Lipinski definition) is 2. The summed E-state index contributed by atoms with van der Waals surface area (Å²) in [7, 11) is 0. The number of aromatic amines is 1. The highest BCUT2D eigenvalue weighted by Gasteiger charge is 2.44. The van der Waals surface area contributed by atoms with Crippen LogP contribution in [0.1, 0.15) is 44.9 Å². The van der Waals surface area contributed by atoms with Crippen LogP contribution in [0.15, 0.2) is 24.5 Å². The lowest BCUT2D eigenvalue weighted by Gasteiger charge is -2.34. The Morgan fingerprint density at radius 2 is 2.23 bits per heavy atom. The smallest absolute Gasteiger partial charge is 0.222 e. The van der Waals surface area contributed by atoms with E-state index in [2.05, 4.69) is 21.4 Å². The molecule has 0 radical (unpaired) electrons. The third kappa shape index (κ3) is 4.47. The van der Waals surface area contributed by atoms with Gasteiger partial charge in [-0.3, -0.25) is 4.79 Å². The molecule has 1 spiro atoms. The number of nitriles is 1. The van der Waals surface area contributed by atoms with Crippen LogP contribution in [0.5, 0.6) is 5.75 Å². The van der Waals surface area contributed by atoms with Gasteiger partial charge in [-0.2, -0.15) is 5.26 Å². The summed E-state index contributed by atoms with van der Waals surface area (Å²) in [6, 6.07) is 6.14. The van der Waals surface area contributed by atoms with E-state index in [1.165, 1.54) is 6.92 Å². The summed E-state index contributed by atoms with van der Waals surface area (Å²) in [5, 5.41) is 13.0. The lowest BCUT2D eigenvalue weighted by atomic mass is 9.89. The number of nitrogens with one attached hydrogen (secondary N) is 2. The van der Waals surface area contributed by atoms with Crippen molar-refractivity contribution >= 4 is 22.6 Å². The number of aromatic nitrogens is 3. The Kier molecular flexibility index (Phi) is 5.95. The predicted molar refractivity (Wildman–Crippen MR) is 130 cm³/mol. The van der Waals surface area contributed by atoms with Crippen molar-refractivity contribution in [3.63, 3.8) is 0 Å². The van der Waals surface area contributed by atoms with Crippen molar-refractivity contribution in [2.75, 3.05) is 31.7 Å². The maximum atomic E-state index is 11.6. The number of H-pyrrole nitrogens is 1. The number of fused-ring (bicyclic) bond motifs is 3. The van der Waals surface area contributed by atoms with Gasteiger partial charge in [0.2, 0.25) is 5.91 Å². The van der Waals surface area contributed by atoms with Crippen LogP contribution in [0.2, 0.25) is 0 Å². The summed E-state index contributed by atoms with van der Waals surface area (Å²) >= 11 is 0. The molecule has 0 aliphatic carbocycles. The molecule has 1 atom stereocenters. The summed E-state index contributed by atoms with van der Waals surface area (Å²) in [5.74, 6) is 1.05. The summed E-state index contributed by atoms with van der Waals surface area (Å²) in [4.78, 5) is 24.2. The van der Waals surface area contributed by atoms with Crippen molar-refractivity contribution in [2.45, 2.75) is 45.6 Å². The molecule has 3 aromatic heterocycles. The maximum Gasteiger partial charge on any atom is 0.222 e. The fourth-order valence-corrected chi connectivity index (χ4v) is 4.65. The second kappa shape index (κ2) is 8.95. The van der Waals surface area contributed by atoms with E-state index in [-0.39, 0.29) is 5.91 Å². The summed E-state index contributed by atoms with van der Waals surface area (Å²) in [6.45, 7) is 7.36. The van der Waals surface area contributed by atoms with E-state index in [0.29, 0.717) is 45.1 Å². The standard InChI is InChI=1S/C26H29N5O4/c1-16(32)30-23-10-18-19(12-28-21(18)13-29-23)20-11-22(34-9-5-25(2,3)14-27)17-4-7-35-26(24(17)31-20)6-8-33-15-26/h10-13,28H,4-9,15H2,1-3H3,(H,29,30,32). The highest BCUT2D eigenvalue weighted by Crippen LogP contribution is 2.44. The number of anilines is 1. The lowest BCUT2D eigenvalue weighted by Crippen LogP contribution is -2.37. The third-order valence-electron chi connectivity index (χ3n) is 6.66. The number of pyridine rings is 2. The number of carbonyl (C=O) groups excluding carboxylic acids is 1. The van der Waals surface area contributed by atoms with E-state index in [1.54, 1.807) is 6.20 Å². The molecular weight excluding hydrogens is 446 g/mol. The molecule has 1 fully saturated rings. The van der Waals surface area contributed by atoms with Gasteiger partial charge < -0.3 is 24.5 Å². The lowest BCUT2D eigenvalue weighted by molar-refractivity contribution is -0.114. The fourth-order valence-electron chi connectivity index (χ4n) is 4.65. The number of carbonyl (C=O) groups is 1. The van der Waals surface area contributed by atoms with Crippen molar-refractivity contribution in [1.82, 2.24) is 15.0 Å². The van der Waals surface area contributed by atoms with Crippen molar-refractivity contribution in [1.29, 1.82) is 5.26 Å². The number of nitrogens with zero attached hydrogens (tertiary/aromatic N) is 3. The van der Waals surface area contributed by atoms with E-state index >= 15 is 0 Å². The molecule has 9 nitrogen and oxygen atoms in total. The summed E-state index contributed by atoms with van der Waals surface area (Å²) in [5.41, 5.74) is 3.30. The van der Waals surface area contributed by atoms with Gasteiger partial charge in [-0.15, -0.1) is 0 Å². The van der Waals surface area contributed by atoms with Gasteiger partial charge in [-0.05, 0) is 26.3 Å². The first-order chi connectivity index (χ1) is 16.8. The van der Waals surface area contributed by atoms with Gasteiger partial charge in [0.1, 0.15) is 17.2 Å². The van der Waals surface area contributed by atoms with Crippen LogP contribution in [0, 0.1) is 16.7 Å². The first-order valence-corrected chi connectivity index (χ1v) is 11.9. The Morgan fingerprint density at radius 3 is 2.97 bits per heavy atom. The largest absolute Gasteiger partial charge is 0.493 e. The minimum absolute atomic E-state index is 0.183. The van der Waals surface area contributed by atoms with Gasteiger partial charge >= 0.3 is 0 Å². The molecule has 5 rings (SSSR count). The van der Waals surface area contributed by atoms with E-state index in [0.717, 1.165) is 45.6 Å². The van der Waals surface area contributed by atoms with Crippen LogP contribution in [0.3, 0.4) is 0 Å². The van der Waals surface area contributed by atoms with Crippen LogP contribution >= 0.6 is 0 Å². The SMILES string of the molecule is CC(=O)Nc1cc2c(-c3cc(OCCC(C)(C)C#N)c4c(n3)C3(CCOC3)OCC4)c[nH]c2cn1. The minimum Gasteiger partial charge on any atom is -0.493 e. The van der Waals surface area contributed by atoms with E-state index in [1.807, 2.05) is 32.2 Å². The van der Waals surface area contributed by atoms with Gasteiger partial charge in [0.15, 0.2) is 0 Å². The summed E-state index contributed by atoms with van der Waals surface area (Å²) in [6.07, 6.45) is 5.63. The van der Waals surface area contributed by atoms with Gasteiger partial charge in [0, 0.05) is 55.1 Å². The monoisotopic (exact) mass is 475 g/mol. The Bertz CT molecular complexity index is 1320. The second-order valence-electron chi connectivity index (χ2n) is 9.82.